The molecule has 0 amide bonds. The molecule has 1 saturated heterocycles. The van der Waals surface area contributed by atoms with Gasteiger partial charge in [0.1, 0.15) is 12.4 Å². The molecule has 1 aromatic carbocycles. The lowest BCUT2D eigenvalue weighted by Crippen LogP contribution is -2.40. The summed E-state index contributed by atoms with van der Waals surface area (Å²) in [6.07, 6.45) is 5.18. The lowest BCUT2D eigenvalue weighted by Gasteiger charge is -2.26. The molecule has 0 unspecified atom stereocenters. The number of halogens is 2. The Morgan fingerprint density at radius 3 is 2.77 bits per heavy atom. The number of nitrogens with zero attached hydrogens (tertiary/aromatic N) is 1. The van der Waals surface area contributed by atoms with E-state index >= 15 is 0 Å². The van der Waals surface area contributed by atoms with Crippen molar-refractivity contribution in [3.63, 3.8) is 0 Å². The monoisotopic (exact) mass is 346 g/mol. The molecule has 22 heavy (non-hydrogen) atoms. The number of hydrogen-bond donors (Lipinski definition) is 1. The summed E-state index contributed by atoms with van der Waals surface area (Å²) in [5.41, 5.74) is 1.21. The Hall–Kier alpha value is -0.960. The van der Waals surface area contributed by atoms with E-state index in [1.165, 1.54) is 5.56 Å². The topological polar surface area (TPSA) is 33.7 Å². The zero-order valence-corrected chi connectivity index (χ0v) is 14.3. The lowest BCUT2D eigenvalue weighted by atomic mass is 10.2. The minimum atomic E-state index is 0. The van der Waals surface area contributed by atoms with Gasteiger partial charge in [-0.2, -0.15) is 0 Å². The highest BCUT2D eigenvalue weighted by atomic mass is 35.5. The summed E-state index contributed by atoms with van der Waals surface area (Å²) in [6, 6.07) is 8.03. The Bertz CT molecular complexity index is 446. The molecule has 124 valence electrons. The normalized spacial score (nSPS) is 14.3. The standard InChI is InChI=1S/C16H22N2O2.2ClH/c1-2-10-20-16-5-3-4-15(13-16)14-17-6-7-18-8-11-19-12-9-18;;/h1,3-5,13,17H,6-12,14H2;2*1H. The first-order valence-electron chi connectivity index (χ1n) is 7.04. The molecule has 0 aliphatic carbocycles. The van der Waals surface area contributed by atoms with Crippen molar-refractivity contribution in [2.24, 2.45) is 0 Å². The highest BCUT2D eigenvalue weighted by molar-refractivity contribution is 5.85. The van der Waals surface area contributed by atoms with Gasteiger partial charge in [-0.05, 0) is 17.7 Å². The molecule has 4 nitrogen and oxygen atoms in total. The highest BCUT2D eigenvalue weighted by Gasteiger charge is 2.08. The first-order chi connectivity index (χ1) is 9.88. The van der Waals surface area contributed by atoms with Gasteiger partial charge in [0, 0.05) is 32.7 Å². The van der Waals surface area contributed by atoms with Crippen molar-refractivity contribution in [3.05, 3.63) is 29.8 Å². The maximum absolute atomic E-state index is 5.41. The van der Waals surface area contributed by atoms with Crippen LogP contribution in [0.25, 0.3) is 0 Å². The number of rotatable bonds is 7. The Kier molecular flexibility index (Phi) is 12.0. The van der Waals surface area contributed by atoms with Crippen molar-refractivity contribution in [2.45, 2.75) is 6.54 Å². The first kappa shape index (κ1) is 21.0. The van der Waals surface area contributed by atoms with Crippen LogP contribution in [-0.4, -0.2) is 50.9 Å². The van der Waals surface area contributed by atoms with E-state index in [2.05, 4.69) is 22.2 Å². The average molecular weight is 347 g/mol. The molecule has 6 heteroatoms. The Balaban J connectivity index is 0.00000220. The molecule has 0 spiro atoms. The molecule has 1 aliphatic heterocycles. The second-order valence-corrected chi connectivity index (χ2v) is 4.77. The molecule has 0 saturated carbocycles. The first-order valence-corrected chi connectivity index (χ1v) is 7.04. The summed E-state index contributed by atoms with van der Waals surface area (Å²) in [7, 11) is 0. The fourth-order valence-corrected chi connectivity index (χ4v) is 2.16. The van der Waals surface area contributed by atoms with E-state index in [-0.39, 0.29) is 24.8 Å². The second kappa shape index (κ2) is 12.6. The van der Waals surface area contributed by atoms with E-state index < -0.39 is 0 Å². The third kappa shape index (κ3) is 7.88. The molecular formula is C16H24Cl2N2O2. The van der Waals surface area contributed by atoms with E-state index in [0.717, 1.165) is 51.7 Å². The minimum absolute atomic E-state index is 0. The number of nitrogens with one attached hydrogen (secondary N) is 1. The van der Waals surface area contributed by atoms with Crippen LogP contribution in [0.2, 0.25) is 0 Å². The van der Waals surface area contributed by atoms with Gasteiger partial charge in [0.05, 0.1) is 13.2 Å². The number of ether oxygens (including phenoxy) is 2. The van der Waals surface area contributed by atoms with Gasteiger partial charge in [-0.3, -0.25) is 4.90 Å². The smallest absolute Gasteiger partial charge is 0.148 e. The second-order valence-electron chi connectivity index (χ2n) is 4.77. The van der Waals surface area contributed by atoms with Crippen LogP contribution in [0.15, 0.2) is 24.3 Å². The number of morpholine rings is 1. The Labute approximate surface area is 145 Å². The quantitative estimate of drug-likeness (QED) is 0.604. The van der Waals surface area contributed by atoms with Gasteiger partial charge in [0.25, 0.3) is 0 Å². The fraction of sp³-hybridized carbons (Fsp3) is 0.500. The summed E-state index contributed by atoms with van der Waals surface area (Å²) in [4.78, 5) is 2.42. The van der Waals surface area contributed by atoms with Crippen molar-refractivity contribution in [1.29, 1.82) is 0 Å². The summed E-state index contributed by atoms with van der Waals surface area (Å²) < 4.78 is 10.7. The van der Waals surface area contributed by atoms with Gasteiger partial charge in [-0.15, -0.1) is 31.2 Å². The van der Waals surface area contributed by atoms with Gasteiger partial charge < -0.3 is 14.8 Å². The summed E-state index contributed by atoms with van der Waals surface area (Å²) >= 11 is 0. The predicted octanol–water partition coefficient (Wildman–Crippen LogP) is 1.96. The third-order valence-electron chi connectivity index (χ3n) is 3.26. The molecule has 0 radical (unpaired) electrons. The highest BCUT2D eigenvalue weighted by Crippen LogP contribution is 2.12. The van der Waals surface area contributed by atoms with Gasteiger partial charge in [0.15, 0.2) is 0 Å². The SMILES string of the molecule is C#CCOc1cccc(CNCCN2CCOCC2)c1.Cl.Cl. The van der Waals surface area contributed by atoms with Crippen molar-refractivity contribution < 1.29 is 9.47 Å². The molecule has 2 rings (SSSR count). The maximum Gasteiger partial charge on any atom is 0.148 e. The maximum atomic E-state index is 5.41. The summed E-state index contributed by atoms with van der Waals surface area (Å²) in [5, 5.41) is 3.45. The average Bonchev–Trinajstić information content (AvgIpc) is 2.51. The molecule has 1 aromatic rings. The van der Waals surface area contributed by atoms with Gasteiger partial charge in [-0.25, -0.2) is 0 Å². The van der Waals surface area contributed by atoms with Crippen LogP contribution in [0, 0.1) is 12.3 Å². The van der Waals surface area contributed by atoms with Crippen LogP contribution in [0.1, 0.15) is 5.56 Å². The van der Waals surface area contributed by atoms with Crippen LogP contribution >= 0.6 is 24.8 Å². The van der Waals surface area contributed by atoms with Crippen molar-refractivity contribution in [3.8, 4) is 18.1 Å². The van der Waals surface area contributed by atoms with Crippen molar-refractivity contribution in [1.82, 2.24) is 10.2 Å². The molecule has 0 aromatic heterocycles. The van der Waals surface area contributed by atoms with Crippen molar-refractivity contribution in [2.75, 3.05) is 46.0 Å². The fourth-order valence-electron chi connectivity index (χ4n) is 2.16. The number of terminal acetylenes is 1. The zero-order valence-electron chi connectivity index (χ0n) is 12.6. The summed E-state index contributed by atoms with van der Waals surface area (Å²) in [6.45, 7) is 6.99. The van der Waals surface area contributed by atoms with Crippen LogP contribution < -0.4 is 10.1 Å². The number of benzene rings is 1. The molecule has 1 fully saturated rings. The molecule has 0 bridgehead atoms. The lowest BCUT2D eigenvalue weighted by molar-refractivity contribution is 0.0384. The van der Waals surface area contributed by atoms with Crippen LogP contribution in [0.3, 0.4) is 0 Å². The Morgan fingerprint density at radius 1 is 1.27 bits per heavy atom. The summed E-state index contributed by atoms with van der Waals surface area (Å²) in [5.74, 6) is 3.30. The van der Waals surface area contributed by atoms with Gasteiger partial charge >= 0.3 is 0 Å². The van der Waals surface area contributed by atoms with Crippen LogP contribution in [-0.2, 0) is 11.3 Å². The van der Waals surface area contributed by atoms with E-state index in [1.54, 1.807) is 0 Å². The molecule has 1 heterocycles. The van der Waals surface area contributed by atoms with Crippen LogP contribution in [0.5, 0.6) is 5.75 Å². The van der Waals surface area contributed by atoms with Gasteiger partial charge in [-0.1, -0.05) is 18.1 Å². The van der Waals surface area contributed by atoms with E-state index in [4.69, 9.17) is 15.9 Å². The molecular weight excluding hydrogens is 323 g/mol. The molecule has 1 aliphatic rings. The van der Waals surface area contributed by atoms with E-state index in [1.807, 2.05) is 18.2 Å². The van der Waals surface area contributed by atoms with Gasteiger partial charge in [0.2, 0.25) is 0 Å². The Morgan fingerprint density at radius 2 is 2.05 bits per heavy atom. The number of hydrogen-bond acceptors (Lipinski definition) is 4. The molecule has 0 atom stereocenters. The third-order valence-corrected chi connectivity index (χ3v) is 3.26. The van der Waals surface area contributed by atoms with E-state index in [0.29, 0.717) is 6.61 Å². The minimum Gasteiger partial charge on any atom is -0.481 e. The largest absolute Gasteiger partial charge is 0.481 e. The van der Waals surface area contributed by atoms with Crippen molar-refractivity contribution >= 4 is 24.8 Å². The van der Waals surface area contributed by atoms with Crippen LogP contribution in [0.4, 0.5) is 0 Å². The van der Waals surface area contributed by atoms with E-state index in [9.17, 15) is 0 Å². The molecule has 1 N–H and O–H groups in total. The predicted molar refractivity (Wildman–Crippen MR) is 94.2 cm³/mol. The zero-order chi connectivity index (χ0) is 14.0.